The average Bonchev–Trinajstić information content (AvgIpc) is 2.57. The molecule has 2 rings (SSSR count). The molecule has 3 N–H and O–H groups in total. The normalized spacial score (nSPS) is 9.92. The minimum atomic E-state index is -0.571. The zero-order valence-electron chi connectivity index (χ0n) is 13.1. The molecule has 126 valence electrons. The summed E-state index contributed by atoms with van der Waals surface area (Å²) in [5, 5.41) is 2.53. The summed E-state index contributed by atoms with van der Waals surface area (Å²) >= 11 is 0. The van der Waals surface area contributed by atoms with Crippen molar-refractivity contribution in [3.05, 3.63) is 65.5 Å². The standard InChI is InChI=1S/C17H18FN3O3/c1-12-3-2-4-15(11-12)24-10-9-19-17(23)21-20-16(22)13-5-7-14(18)8-6-13/h2-8,11H,9-10H2,1H3,(H,20,22)(H2,19,21,23). The van der Waals surface area contributed by atoms with Gasteiger partial charge in [-0.2, -0.15) is 0 Å². The molecule has 2 aromatic carbocycles. The van der Waals surface area contributed by atoms with E-state index < -0.39 is 17.8 Å². The van der Waals surface area contributed by atoms with Crippen molar-refractivity contribution < 1.29 is 18.7 Å². The number of carbonyl (C=O) groups is 2. The molecule has 0 aliphatic rings. The van der Waals surface area contributed by atoms with E-state index in [1.165, 1.54) is 12.1 Å². The highest BCUT2D eigenvalue weighted by molar-refractivity contribution is 5.95. The Morgan fingerprint density at radius 1 is 1.08 bits per heavy atom. The minimum Gasteiger partial charge on any atom is -0.492 e. The lowest BCUT2D eigenvalue weighted by Crippen LogP contribution is -2.47. The highest BCUT2D eigenvalue weighted by Crippen LogP contribution is 2.11. The van der Waals surface area contributed by atoms with E-state index in [0.29, 0.717) is 6.61 Å². The van der Waals surface area contributed by atoms with Crippen LogP contribution in [0.5, 0.6) is 5.75 Å². The molecule has 0 bridgehead atoms. The van der Waals surface area contributed by atoms with Gasteiger partial charge in [0.1, 0.15) is 18.2 Å². The molecule has 2 aromatic rings. The van der Waals surface area contributed by atoms with Gasteiger partial charge < -0.3 is 10.1 Å². The van der Waals surface area contributed by atoms with Crippen molar-refractivity contribution >= 4 is 11.9 Å². The van der Waals surface area contributed by atoms with E-state index in [-0.39, 0.29) is 12.1 Å². The molecule has 0 aliphatic heterocycles. The van der Waals surface area contributed by atoms with Crippen LogP contribution in [0.3, 0.4) is 0 Å². The maximum Gasteiger partial charge on any atom is 0.333 e. The molecule has 0 unspecified atom stereocenters. The fraction of sp³-hybridized carbons (Fsp3) is 0.176. The third kappa shape index (κ3) is 5.60. The van der Waals surface area contributed by atoms with Gasteiger partial charge in [-0.15, -0.1) is 0 Å². The molecule has 0 aromatic heterocycles. The smallest absolute Gasteiger partial charge is 0.333 e. The molecule has 0 fully saturated rings. The van der Waals surface area contributed by atoms with Crippen LogP contribution in [-0.4, -0.2) is 25.1 Å². The topological polar surface area (TPSA) is 79.5 Å². The van der Waals surface area contributed by atoms with Crippen molar-refractivity contribution in [2.75, 3.05) is 13.2 Å². The lowest BCUT2D eigenvalue weighted by Gasteiger charge is -2.10. The molecule has 6 nitrogen and oxygen atoms in total. The second-order valence-electron chi connectivity index (χ2n) is 5.01. The van der Waals surface area contributed by atoms with Crippen LogP contribution in [0, 0.1) is 12.7 Å². The molecule has 0 saturated carbocycles. The first-order chi connectivity index (χ1) is 11.5. The summed E-state index contributed by atoms with van der Waals surface area (Å²) in [5.41, 5.74) is 5.74. The van der Waals surface area contributed by atoms with Crippen LogP contribution >= 0.6 is 0 Å². The number of benzene rings is 2. The Balaban J connectivity index is 1.64. The SMILES string of the molecule is Cc1cccc(OCCNC(=O)NNC(=O)c2ccc(F)cc2)c1. The van der Waals surface area contributed by atoms with Gasteiger partial charge in [0.05, 0.1) is 6.54 Å². The van der Waals surface area contributed by atoms with Gasteiger partial charge in [0.2, 0.25) is 0 Å². The van der Waals surface area contributed by atoms with E-state index >= 15 is 0 Å². The van der Waals surface area contributed by atoms with E-state index in [4.69, 9.17) is 4.74 Å². The number of urea groups is 1. The first-order valence-electron chi connectivity index (χ1n) is 7.34. The predicted octanol–water partition coefficient (Wildman–Crippen LogP) is 2.16. The van der Waals surface area contributed by atoms with Crippen LogP contribution in [0.25, 0.3) is 0 Å². The van der Waals surface area contributed by atoms with E-state index in [2.05, 4.69) is 16.2 Å². The number of hydrogen-bond donors (Lipinski definition) is 3. The maximum atomic E-state index is 12.8. The predicted molar refractivity (Wildman–Crippen MR) is 87.1 cm³/mol. The van der Waals surface area contributed by atoms with E-state index in [1.807, 2.05) is 31.2 Å². The average molecular weight is 331 g/mol. The van der Waals surface area contributed by atoms with Crippen molar-refractivity contribution in [2.45, 2.75) is 6.92 Å². The van der Waals surface area contributed by atoms with Crippen molar-refractivity contribution in [3.63, 3.8) is 0 Å². The Labute approximate surface area is 139 Å². The molecule has 24 heavy (non-hydrogen) atoms. The molecule has 0 heterocycles. The van der Waals surface area contributed by atoms with Crippen molar-refractivity contribution in [2.24, 2.45) is 0 Å². The molecule has 0 atom stereocenters. The number of rotatable bonds is 5. The summed E-state index contributed by atoms with van der Waals surface area (Å²) in [6.07, 6.45) is 0. The summed E-state index contributed by atoms with van der Waals surface area (Å²) < 4.78 is 18.2. The van der Waals surface area contributed by atoms with Gasteiger partial charge in [-0.05, 0) is 48.9 Å². The second-order valence-corrected chi connectivity index (χ2v) is 5.01. The number of hydrazine groups is 1. The fourth-order valence-electron chi connectivity index (χ4n) is 1.87. The van der Waals surface area contributed by atoms with Crippen LogP contribution in [0.2, 0.25) is 0 Å². The summed E-state index contributed by atoms with van der Waals surface area (Å²) in [6.45, 7) is 2.53. The number of aryl methyl sites for hydroxylation is 1. The Bertz CT molecular complexity index is 704. The number of ether oxygens (including phenoxy) is 1. The largest absolute Gasteiger partial charge is 0.492 e. The summed E-state index contributed by atoms with van der Waals surface area (Å²) in [5.74, 6) is -0.256. The van der Waals surface area contributed by atoms with Crippen LogP contribution in [-0.2, 0) is 0 Å². The van der Waals surface area contributed by atoms with Crippen molar-refractivity contribution in [1.82, 2.24) is 16.2 Å². The highest BCUT2D eigenvalue weighted by Gasteiger charge is 2.06. The molecule has 0 radical (unpaired) electrons. The van der Waals surface area contributed by atoms with E-state index in [9.17, 15) is 14.0 Å². The van der Waals surface area contributed by atoms with Crippen molar-refractivity contribution in [1.29, 1.82) is 0 Å². The van der Waals surface area contributed by atoms with Gasteiger partial charge in [-0.1, -0.05) is 12.1 Å². The van der Waals surface area contributed by atoms with E-state index in [1.54, 1.807) is 0 Å². The Morgan fingerprint density at radius 3 is 2.54 bits per heavy atom. The summed E-state index contributed by atoms with van der Waals surface area (Å²) in [7, 11) is 0. The minimum absolute atomic E-state index is 0.236. The Hall–Kier alpha value is -3.09. The summed E-state index contributed by atoms with van der Waals surface area (Å²) in [4.78, 5) is 23.3. The number of nitrogens with one attached hydrogen (secondary N) is 3. The Kier molecular flexibility index (Phi) is 6.13. The lowest BCUT2D eigenvalue weighted by atomic mass is 10.2. The zero-order valence-corrected chi connectivity index (χ0v) is 13.1. The highest BCUT2D eigenvalue weighted by atomic mass is 19.1. The third-order valence-electron chi connectivity index (χ3n) is 3.04. The maximum absolute atomic E-state index is 12.8. The quantitative estimate of drug-likeness (QED) is 0.580. The first-order valence-corrected chi connectivity index (χ1v) is 7.34. The fourth-order valence-corrected chi connectivity index (χ4v) is 1.87. The van der Waals surface area contributed by atoms with Gasteiger partial charge in [0.25, 0.3) is 5.91 Å². The molecule has 3 amide bonds. The zero-order chi connectivity index (χ0) is 17.4. The van der Waals surface area contributed by atoms with Gasteiger partial charge in [-0.3, -0.25) is 10.2 Å². The van der Waals surface area contributed by atoms with Gasteiger partial charge >= 0.3 is 6.03 Å². The molecule has 0 saturated heterocycles. The van der Waals surface area contributed by atoms with Crippen LogP contribution in [0.1, 0.15) is 15.9 Å². The van der Waals surface area contributed by atoms with Crippen LogP contribution < -0.4 is 20.9 Å². The lowest BCUT2D eigenvalue weighted by molar-refractivity contribution is 0.0936. The molecular formula is C17H18FN3O3. The van der Waals surface area contributed by atoms with E-state index in [0.717, 1.165) is 23.4 Å². The molecule has 7 heteroatoms. The van der Waals surface area contributed by atoms with Crippen molar-refractivity contribution in [3.8, 4) is 5.75 Å². The van der Waals surface area contributed by atoms with Gasteiger partial charge in [0, 0.05) is 5.56 Å². The van der Waals surface area contributed by atoms with Gasteiger partial charge in [0.15, 0.2) is 0 Å². The number of halogens is 1. The van der Waals surface area contributed by atoms with Gasteiger partial charge in [-0.25, -0.2) is 14.6 Å². The number of amides is 3. The molecule has 0 aliphatic carbocycles. The molecular weight excluding hydrogens is 313 g/mol. The molecule has 0 spiro atoms. The number of carbonyl (C=O) groups excluding carboxylic acids is 2. The second kappa shape index (κ2) is 8.52. The van der Waals surface area contributed by atoms with Crippen LogP contribution in [0.15, 0.2) is 48.5 Å². The third-order valence-corrected chi connectivity index (χ3v) is 3.04. The first kappa shape index (κ1) is 17.3. The summed E-state index contributed by atoms with van der Waals surface area (Å²) in [6, 6.07) is 12.0. The number of hydrogen-bond acceptors (Lipinski definition) is 3. The monoisotopic (exact) mass is 331 g/mol. The van der Waals surface area contributed by atoms with Crippen LogP contribution in [0.4, 0.5) is 9.18 Å². The Morgan fingerprint density at radius 2 is 1.83 bits per heavy atom.